The van der Waals surface area contributed by atoms with Crippen LogP contribution >= 0.6 is 11.6 Å². The Balaban J connectivity index is 1.33. The van der Waals surface area contributed by atoms with Crippen LogP contribution in [-0.4, -0.2) is 52.2 Å². The van der Waals surface area contributed by atoms with Crippen LogP contribution in [0.15, 0.2) is 22.7 Å². The number of hydrogen-bond acceptors (Lipinski definition) is 5. The lowest BCUT2D eigenvalue weighted by Gasteiger charge is -2.26. The molecule has 12 heteroatoms. The van der Waals surface area contributed by atoms with E-state index >= 15 is 0 Å². The number of aromatic nitrogens is 2. The number of carbonyl (C=O) groups excluding carboxylic acids is 2. The quantitative estimate of drug-likeness (QED) is 0.558. The van der Waals surface area contributed by atoms with E-state index in [1.807, 2.05) is 0 Å². The van der Waals surface area contributed by atoms with Crippen LogP contribution in [0.3, 0.4) is 0 Å². The van der Waals surface area contributed by atoms with Crippen LogP contribution in [0.25, 0.3) is 10.9 Å². The zero-order valence-electron chi connectivity index (χ0n) is 17.1. The minimum absolute atomic E-state index is 0.00702. The molecule has 174 valence electrons. The van der Waals surface area contributed by atoms with Crippen LogP contribution in [0.1, 0.15) is 45.1 Å². The van der Waals surface area contributed by atoms with Gasteiger partial charge in [-0.2, -0.15) is 8.78 Å². The fourth-order valence-electron chi connectivity index (χ4n) is 3.97. The monoisotopic (exact) mass is 482 g/mol. The van der Waals surface area contributed by atoms with Crippen LogP contribution in [-0.2, 0) is 17.7 Å². The highest BCUT2D eigenvalue weighted by molar-refractivity contribution is 6.35. The van der Waals surface area contributed by atoms with Gasteiger partial charge in [0.25, 0.3) is 11.8 Å². The van der Waals surface area contributed by atoms with Crippen molar-refractivity contribution in [1.82, 2.24) is 20.4 Å². The van der Waals surface area contributed by atoms with Gasteiger partial charge in [0.15, 0.2) is 5.69 Å². The topological polar surface area (TPSA) is 100 Å². The third kappa shape index (κ3) is 4.06. The van der Waals surface area contributed by atoms with E-state index in [2.05, 4.69) is 20.2 Å². The molecule has 1 aliphatic carbocycles. The molecule has 0 saturated heterocycles. The minimum atomic E-state index is -2.92. The number of nitrogens with one attached hydrogen (secondary N) is 2. The normalized spacial score (nSPS) is 16.8. The zero-order valence-corrected chi connectivity index (χ0v) is 17.8. The lowest BCUT2D eigenvalue weighted by atomic mass is 10.0. The predicted octanol–water partition coefficient (Wildman–Crippen LogP) is 3.65. The van der Waals surface area contributed by atoms with Crippen molar-refractivity contribution in [2.75, 3.05) is 13.2 Å². The van der Waals surface area contributed by atoms with Crippen LogP contribution in [0.2, 0.25) is 5.02 Å². The van der Waals surface area contributed by atoms with Gasteiger partial charge in [-0.1, -0.05) is 16.8 Å². The minimum Gasteiger partial charge on any atom is -0.360 e. The van der Waals surface area contributed by atoms with Crippen molar-refractivity contribution in [3.63, 3.8) is 0 Å². The number of ether oxygens (including phenoxy) is 1. The second-order valence-electron chi connectivity index (χ2n) is 8.22. The van der Waals surface area contributed by atoms with E-state index in [0.29, 0.717) is 48.0 Å². The molecular formula is C21H18ClF3N4O4. The van der Waals surface area contributed by atoms with E-state index in [1.54, 1.807) is 0 Å². The molecule has 8 nitrogen and oxygen atoms in total. The van der Waals surface area contributed by atoms with E-state index < -0.39 is 23.9 Å². The van der Waals surface area contributed by atoms with Crippen molar-refractivity contribution in [2.24, 2.45) is 0 Å². The molecule has 1 fully saturated rings. The first kappa shape index (κ1) is 21.8. The van der Waals surface area contributed by atoms with Gasteiger partial charge in [-0.05, 0) is 31.0 Å². The Morgan fingerprint density at radius 2 is 2.15 bits per heavy atom. The fourth-order valence-corrected chi connectivity index (χ4v) is 4.19. The number of rotatable bonds is 6. The van der Waals surface area contributed by atoms with Crippen molar-refractivity contribution in [3.05, 3.63) is 51.8 Å². The first-order chi connectivity index (χ1) is 15.8. The molecule has 5 rings (SSSR count). The molecular weight excluding hydrogens is 465 g/mol. The van der Waals surface area contributed by atoms with E-state index in [0.717, 1.165) is 0 Å². The molecule has 1 aromatic carbocycles. The molecule has 3 aromatic rings. The molecule has 2 aromatic heterocycles. The summed E-state index contributed by atoms with van der Waals surface area (Å²) in [6.45, 7) is -2.83. The van der Waals surface area contributed by atoms with Gasteiger partial charge in [-0.25, -0.2) is 4.39 Å². The average Bonchev–Trinajstić information content (AvgIpc) is 3.21. The highest BCUT2D eigenvalue weighted by Gasteiger charge is 2.46. The summed E-state index contributed by atoms with van der Waals surface area (Å²) in [5.74, 6) is -1.03. The van der Waals surface area contributed by atoms with E-state index in [1.165, 1.54) is 23.1 Å². The molecule has 1 saturated carbocycles. The van der Waals surface area contributed by atoms with Crippen molar-refractivity contribution >= 4 is 34.3 Å². The standard InChI is InChI=1S/C21H18ClF3N4O4/c22-16-10-7-14(26-13(10)2-1-12(16)23)19(31)29-6-3-15-11(8-29)17(28-33-15)18(30)27-21(4-5-21)9-32-20(24)25/h1-2,7,20,26H,3-6,8-9H2,(H,27,30). The first-order valence-electron chi connectivity index (χ1n) is 10.2. The van der Waals surface area contributed by atoms with Gasteiger partial charge in [0.05, 0.1) is 23.7 Å². The second-order valence-corrected chi connectivity index (χ2v) is 8.60. The summed E-state index contributed by atoms with van der Waals surface area (Å²) in [6, 6.07) is 4.19. The number of aromatic amines is 1. The lowest BCUT2D eigenvalue weighted by molar-refractivity contribution is -0.135. The molecule has 1 aliphatic heterocycles. The molecule has 0 bridgehead atoms. The maximum absolute atomic E-state index is 13.7. The van der Waals surface area contributed by atoms with E-state index in [-0.39, 0.29) is 35.5 Å². The van der Waals surface area contributed by atoms with E-state index in [9.17, 15) is 22.8 Å². The Hall–Kier alpha value is -3.05. The summed E-state index contributed by atoms with van der Waals surface area (Å²) in [5.41, 5.74) is 0.366. The molecule has 0 atom stereocenters. The van der Waals surface area contributed by atoms with E-state index in [4.69, 9.17) is 16.1 Å². The molecule has 2 N–H and O–H groups in total. The number of halogens is 4. The summed E-state index contributed by atoms with van der Waals surface area (Å²) in [5, 5.41) is 6.86. The first-order valence-corrected chi connectivity index (χ1v) is 10.6. The van der Waals surface area contributed by atoms with Crippen molar-refractivity contribution in [2.45, 2.75) is 38.0 Å². The second kappa shape index (κ2) is 8.07. The molecule has 0 spiro atoms. The fraction of sp³-hybridized carbons (Fsp3) is 0.381. The molecule has 3 heterocycles. The van der Waals surface area contributed by atoms with Crippen LogP contribution < -0.4 is 5.32 Å². The Kier molecular flexibility index (Phi) is 5.32. The number of amides is 2. The number of hydrogen-bond donors (Lipinski definition) is 2. The Morgan fingerprint density at radius 3 is 2.88 bits per heavy atom. The smallest absolute Gasteiger partial charge is 0.345 e. The maximum Gasteiger partial charge on any atom is 0.345 e. The number of H-pyrrole nitrogens is 1. The highest BCUT2D eigenvalue weighted by Crippen LogP contribution is 2.37. The van der Waals surface area contributed by atoms with Gasteiger partial charge >= 0.3 is 6.61 Å². The third-order valence-corrected chi connectivity index (χ3v) is 6.35. The molecule has 0 radical (unpaired) electrons. The Bertz CT molecular complexity index is 1250. The largest absolute Gasteiger partial charge is 0.360 e. The van der Waals surface area contributed by atoms with Crippen LogP contribution in [0, 0.1) is 5.82 Å². The van der Waals surface area contributed by atoms with Crippen molar-refractivity contribution in [3.8, 4) is 0 Å². The average molecular weight is 483 g/mol. The summed E-state index contributed by atoms with van der Waals surface area (Å²) < 4.78 is 48.1. The Labute approximate surface area is 190 Å². The number of carbonyl (C=O) groups is 2. The zero-order chi connectivity index (χ0) is 23.3. The number of benzene rings is 1. The van der Waals surface area contributed by atoms with Gasteiger partial charge in [0.1, 0.15) is 17.3 Å². The predicted molar refractivity (Wildman–Crippen MR) is 110 cm³/mol. The van der Waals surface area contributed by atoms with Crippen LogP contribution in [0.4, 0.5) is 13.2 Å². The summed E-state index contributed by atoms with van der Waals surface area (Å²) in [7, 11) is 0. The molecule has 0 unspecified atom stereocenters. The number of alkyl halides is 2. The summed E-state index contributed by atoms with van der Waals surface area (Å²) >= 11 is 6.00. The van der Waals surface area contributed by atoms with Gasteiger partial charge in [0, 0.05) is 29.4 Å². The maximum atomic E-state index is 13.7. The van der Waals surface area contributed by atoms with Gasteiger partial charge < -0.3 is 24.5 Å². The highest BCUT2D eigenvalue weighted by atomic mass is 35.5. The summed E-state index contributed by atoms with van der Waals surface area (Å²) in [6.07, 6.45) is 1.37. The SMILES string of the molecule is O=C(NC1(COC(F)F)CC1)c1noc2c1CN(C(=O)c1cc3c(Cl)c(F)ccc3[nH]1)CC2. The van der Waals surface area contributed by atoms with Gasteiger partial charge in [-0.3, -0.25) is 9.59 Å². The van der Waals surface area contributed by atoms with Gasteiger partial charge in [0.2, 0.25) is 0 Å². The lowest BCUT2D eigenvalue weighted by Crippen LogP contribution is -2.42. The molecule has 2 aliphatic rings. The van der Waals surface area contributed by atoms with Crippen LogP contribution in [0.5, 0.6) is 0 Å². The third-order valence-electron chi connectivity index (χ3n) is 5.97. The van der Waals surface area contributed by atoms with Crippen molar-refractivity contribution < 1.29 is 32.0 Å². The number of nitrogens with zero attached hydrogens (tertiary/aromatic N) is 2. The van der Waals surface area contributed by atoms with Crippen molar-refractivity contribution in [1.29, 1.82) is 0 Å². The Morgan fingerprint density at radius 1 is 1.36 bits per heavy atom. The number of fused-ring (bicyclic) bond motifs is 2. The summed E-state index contributed by atoms with van der Waals surface area (Å²) in [4.78, 5) is 30.3. The molecule has 33 heavy (non-hydrogen) atoms. The van der Waals surface area contributed by atoms with Gasteiger partial charge in [-0.15, -0.1) is 0 Å². The molecule has 2 amide bonds.